The van der Waals surface area contributed by atoms with Gasteiger partial charge >= 0.3 is 6.03 Å². The lowest BCUT2D eigenvalue weighted by molar-refractivity contribution is 0.126. The molecule has 0 radical (unpaired) electrons. The van der Waals surface area contributed by atoms with Crippen LogP contribution in [-0.2, 0) is 0 Å². The van der Waals surface area contributed by atoms with Gasteiger partial charge in [0.25, 0.3) is 5.56 Å². The van der Waals surface area contributed by atoms with Crippen molar-refractivity contribution in [2.24, 2.45) is 0 Å². The quantitative estimate of drug-likeness (QED) is 0.508. The zero-order chi connectivity index (χ0) is 23.5. The molecule has 5 rings (SSSR count). The Morgan fingerprint density at radius 2 is 1.53 bits per heavy atom. The molecule has 7 nitrogen and oxygen atoms in total. The van der Waals surface area contributed by atoms with Gasteiger partial charge in [-0.3, -0.25) is 14.1 Å². The van der Waals surface area contributed by atoms with Gasteiger partial charge in [0.2, 0.25) is 0 Å². The van der Waals surface area contributed by atoms with Gasteiger partial charge in [-0.25, -0.2) is 9.78 Å². The molecule has 172 valence electrons. The predicted molar refractivity (Wildman–Crippen MR) is 133 cm³/mol. The number of nitrogens with zero attached hydrogens (tertiary/aromatic N) is 4. The minimum atomic E-state index is -0.287. The number of anilines is 1. The van der Waals surface area contributed by atoms with Crippen molar-refractivity contribution in [2.75, 3.05) is 31.5 Å². The summed E-state index contributed by atoms with van der Waals surface area (Å²) >= 11 is 0. The Balaban J connectivity index is 1.29. The van der Waals surface area contributed by atoms with Gasteiger partial charge in [-0.2, -0.15) is 0 Å². The molecule has 2 aromatic carbocycles. The SMILES string of the molecule is Cc1ccn2c(=O)c(NC(=O)N3CCN(C(c4ccccc4)c4ccccc4)CC3)cnc2c1. The molecular formula is C27H27N5O2. The average molecular weight is 454 g/mol. The van der Waals surface area contributed by atoms with Crippen molar-refractivity contribution < 1.29 is 4.79 Å². The van der Waals surface area contributed by atoms with Crippen molar-refractivity contribution in [3.8, 4) is 0 Å². The van der Waals surface area contributed by atoms with Crippen molar-refractivity contribution >= 4 is 17.4 Å². The summed E-state index contributed by atoms with van der Waals surface area (Å²) in [5.74, 6) is 0. The molecule has 2 amide bonds. The van der Waals surface area contributed by atoms with Gasteiger partial charge in [0.15, 0.2) is 0 Å². The first-order chi connectivity index (χ1) is 16.6. The molecule has 1 N–H and O–H groups in total. The van der Waals surface area contributed by atoms with Crippen molar-refractivity contribution in [1.82, 2.24) is 19.2 Å². The number of nitrogens with one attached hydrogen (secondary N) is 1. The smallest absolute Gasteiger partial charge is 0.322 e. The second kappa shape index (κ2) is 9.49. The number of piperazine rings is 1. The molecule has 1 aliphatic heterocycles. The number of pyridine rings is 1. The highest BCUT2D eigenvalue weighted by atomic mass is 16.2. The van der Waals surface area contributed by atoms with Crippen molar-refractivity contribution in [1.29, 1.82) is 0 Å². The number of rotatable bonds is 4. The van der Waals surface area contributed by atoms with Gasteiger partial charge in [-0.15, -0.1) is 0 Å². The monoisotopic (exact) mass is 453 g/mol. The second-order valence-corrected chi connectivity index (χ2v) is 8.59. The fourth-order valence-electron chi connectivity index (χ4n) is 4.52. The Bertz CT molecular complexity index is 1310. The van der Waals surface area contributed by atoms with Crippen LogP contribution < -0.4 is 10.9 Å². The molecule has 1 aliphatic rings. The molecule has 0 saturated carbocycles. The van der Waals surface area contributed by atoms with E-state index in [0.717, 1.165) is 18.7 Å². The first-order valence-electron chi connectivity index (χ1n) is 11.5. The third-order valence-corrected chi connectivity index (χ3v) is 6.30. The van der Waals surface area contributed by atoms with Crippen molar-refractivity contribution in [3.05, 3.63) is 112 Å². The van der Waals surface area contributed by atoms with E-state index in [0.29, 0.717) is 18.7 Å². The summed E-state index contributed by atoms with van der Waals surface area (Å²) in [6.45, 7) is 4.56. The maximum absolute atomic E-state index is 12.9. The highest BCUT2D eigenvalue weighted by molar-refractivity contribution is 5.89. The molecule has 34 heavy (non-hydrogen) atoms. The van der Waals surface area contributed by atoms with Gasteiger partial charge in [0.1, 0.15) is 11.3 Å². The molecule has 7 heteroatoms. The Hall–Kier alpha value is -3.97. The van der Waals surface area contributed by atoms with Crippen LogP contribution in [0.4, 0.5) is 10.5 Å². The predicted octanol–water partition coefficient (Wildman–Crippen LogP) is 3.94. The van der Waals surface area contributed by atoms with Crippen molar-refractivity contribution in [3.63, 3.8) is 0 Å². The second-order valence-electron chi connectivity index (χ2n) is 8.59. The van der Waals surface area contributed by atoms with Crippen LogP contribution in [0.2, 0.25) is 0 Å². The molecule has 0 bridgehead atoms. The van der Waals surface area contributed by atoms with Crippen LogP contribution in [0.15, 0.2) is 90.0 Å². The zero-order valence-corrected chi connectivity index (χ0v) is 19.1. The van der Waals surface area contributed by atoms with E-state index in [4.69, 9.17) is 0 Å². The minimum absolute atomic E-state index is 0.130. The first kappa shape index (κ1) is 21.9. The lowest BCUT2D eigenvalue weighted by Gasteiger charge is -2.39. The largest absolute Gasteiger partial charge is 0.322 e. The number of carbonyl (C=O) groups excluding carboxylic acids is 1. The molecule has 0 unspecified atom stereocenters. The third kappa shape index (κ3) is 4.43. The number of aromatic nitrogens is 2. The van der Waals surface area contributed by atoms with E-state index in [1.807, 2.05) is 31.2 Å². The fraction of sp³-hybridized carbons (Fsp3) is 0.222. The lowest BCUT2D eigenvalue weighted by Crippen LogP contribution is -2.51. The number of aryl methyl sites for hydroxylation is 1. The summed E-state index contributed by atoms with van der Waals surface area (Å²) in [6, 6.07) is 24.4. The van der Waals surface area contributed by atoms with Gasteiger partial charge in [-0.05, 0) is 35.7 Å². The Labute approximate surface area is 198 Å². The van der Waals surface area contributed by atoms with Gasteiger partial charge in [0.05, 0.1) is 12.2 Å². The van der Waals surface area contributed by atoms with Gasteiger partial charge < -0.3 is 10.2 Å². The molecule has 4 aromatic rings. The summed E-state index contributed by atoms with van der Waals surface area (Å²) in [5.41, 5.74) is 3.94. The number of urea groups is 1. The van der Waals surface area contributed by atoms with Crippen molar-refractivity contribution in [2.45, 2.75) is 13.0 Å². The number of fused-ring (bicyclic) bond motifs is 1. The lowest BCUT2D eigenvalue weighted by atomic mass is 9.96. The molecule has 2 aromatic heterocycles. The van der Waals surface area contributed by atoms with E-state index in [1.54, 1.807) is 11.1 Å². The molecule has 0 atom stereocenters. The molecule has 1 fully saturated rings. The maximum atomic E-state index is 12.9. The first-order valence-corrected chi connectivity index (χ1v) is 11.5. The molecular weight excluding hydrogens is 426 g/mol. The van der Waals surface area contributed by atoms with Crippen LogP contribution in [0.3, 0.4) is 0 Å². The van der Waals surface area contributed by atoms with Crippen LogP contribution >= 0.6 is 0 Å². The Morgan fingerprint density at radius 3 is 2.15 bits per heavy atom. The fourth-order valence-corrected chi connectivity index (χ4v) is 4.52. The van der Waals surface area contributed by atoms with E-state index in [2.05, 4.69) is 63.7 Å². The van der Waals surface area contributed by atoms with E-state index in [1.165, 1.54) is 21.7 Å². The number of benzene rings is 2. The number of hydrogen-bond acceptors (Lipinski definition) is 4. The highest BCUT2D eigenvalue weighted by Crippen LogP contribution is 2.29. The maximum Gasteiger partial charge on any atom is 0.322 e. The highest BCUT2D eigenvalue weighted by Gasteiger charge is 2.28. The van der Waals surface area contributed by atoms with E-state index in [-0.39, 0.29) is 23.3 Å². The topological polar surface area (TPSA) is 70.0 Å². The molecule has 0 spiro atoms. The van der Waals surface area contributed by atoms with Gasteiger partial charge in [0, 0.05) is 32.4 Å². The average Bonchev–Trinajstić information content (AvgIpc) is 2.87. The van der Waals surface area contributed by atoms with E-state index >= 15 is 0 Å². The van der Waals surface area contributed by atoms with Gasteiger partial charge in [-0.1, -0.05) is 60.7 Å². The van der Waals surface area contributed by atoms with E-state index < -0.39 is 0 Å². The minimum Gasteiger partial charge on any atom is -0.322 e. The number of carbonyl (C=O) groups is 1. The zero-order valence-electron chi connectivity index (χ0n) is 19.1. The van der Waals surface area contributed by atoms with Crippen LogP contribution in [-0.4, -0.2) is 51.4 Å². The van der Waals surface area contributed by atoms with Crippen LogP contribution in [0.1, 0.15) is 22.7 Å². The number of amides is 2. The summed E-state index contributed by atoms with van der Waals surface area (Å²) in [7, 11) is 0. The summed E-state index contributed by atoms with van der Waals surface area (Å²) in [6.07, 6.45) is 3.12. The molecule has 0 aliphatic carbocycles. The Morgan fingerprint density at radius 1 is 0.912 bits per heavy atom. The molecule has 1 saturated heterocycles. The third-order valence-electron chi connectivity index (χ3n) is 6.30. The van der Waals surface area contributed by atoms with Crippen LogP contribution in [0.25, 0.3) is 5.65 Å². The van der Waals surface area contributed by atoms with Crippen LogP contribution in [0.5, 0.6) is 0 Å². The normalized spacial score (nSPS) is 14.5. The Kier molecular flexibility index (Phi) is 6.10. The van der Waals surface area contributed by atoms with Crippen LogP contribution in [0, 0.1) is 6.92 Å². The summed E-state index contributed by atoms with van der Waals surface area (Å²) in [5, 5.41) is 2.77. The molecule has 3 heterocycles. The summed E-state index contributed by atoms with van der Waals surface area (Å²) < 4.78 is 1.45. The standard InChI is InChI=1S/C27H27N5O2/c1-20-12-13-32-24(18-20)28-19-23(26(32)33)29-27(34)31-16-14-30(15-17-31)25(21-8-4-2-5-9-21)22-10-6-3-7-11-22/h2-13,18-19,25H,14-17H2,1H3,(H,29,34). The summed E-state index contributed by atoms with van der Waals surface area (Å²) in [4.78, 5) is 34.2. The van der Waals surface area contributed by atoms with E-state index in [9.17, 15) is 9.59 Å². The number of hydrogen-bond donors (Lipinski definition) is 1.